The molecule has 0 spiro atoms. The van der Waals surface area contributed by atoms with Crippen molar-refractivity contribution in [3.63, 3.8) is 0 Å². The summed E-state index contributed by atoms with van der Waals surface area (Å²) in [5, 5.41) is 10.8. The van der Waals surface area contributed by atoms with Crippen molar-refractivity contribution >= 4 is 5.69 Å². The maximum atomic E-state index is 13.4. The third kappa shape index (κ3) is 3.10. The van der Waals surface area contributed by atoms with Crippen LogP contribution in [0.3, 0.4) is 0 Å². The molecule has 0 fully saturated rings. The van der Waals surface area contributed by atoms with E-state index in [1.165, 1.54) is 12.1 Å². The van der Waals surface area contributed by atoms with Crippen LogP contribution in [0.5, 0.6) is 5.75 Å². The van der Waals surface area contributed by atoms with Crippen LogP contribution in [0.2, 0.25) is 0 Å². The quantitative estimate of drug-likeness (QED) is 0.473. The molecule has 4 nitrogen and oxygen atoms in total. The smallest absolute Gasteiger partial charge is 0.346 e. The van der Waals surface area contributed by atoms with Crippen molar-refractivity contribution in [2.24, 2.45) is 11.8 Å². The highest BCUT2D eigenvalue weighted by atomic mass is 19.1. The number of rotatable bonds is 4. The fourth-order valence-corrected chi connectivity index (χ4v) is 2.22. The van der Waals surface area contributed by atoms with Crippen LogP contribution >= 0.6 is 0 Å². The average molecular weight is 265 g/mol. The molecule has 0 saturated heterocycles. The van der Waals surface area contributed by atoms with Gasteiger partial charge in [0.05, 0.1) is 11.5 Å². The molecule has 2 atom stereocenters. The summed E-state index contributed by atoms with van der Waals surface area (Å²) < 4.78 is 18.9. The van der Waals surface area contributed by atoms with Gasteiger partial charge < -0.3 is 4.74 Å². The van der Waals surface area contributed by atoms with E-state index in [2.05, 4.69) is 19.1 Å². The van der Waals surface area contributed by atoms with Gasteiger partial charge in [0, 0.05) is 0 Å². The first-order chi connectivity index (χ1) is 9.09. The van der Waals surface area contributed by atoms with Gasteiger partial charge in [0.2, 0.25) is 5.82 Å². The average Bonchev–Trinajstić information content (AvgIpc) is 2.37. The fraction of sp³-hybridized carbons (Fsp3) is 0.429. The number of hydrogen-bond donors (Lipinski definition) is 0. The van der Waals surface area contributed by atoms with Crippen LogP contribution in [0.15, 0.2) is 30.4 Å². The molecule has 0 N–H and O–H groups in total. The Hall–Kier alpha value is -1.91. The lowest BCUT2D eigenvalue weighted by Gasteiger charge is -2.25. The van der Waals surface area contributed by atoms with Gasteiger partial charge in [-0.1, -0.05) is 25.1 Å². The SMILES string of the molecule is CC1CC=CCC1COc1cccc(F)c1[N+](=O)[O-]. The molecule has 0 bridgehead atoms. The number of benzene rings is 1. The number of nitro benzene ring substituents is 1. The van der Waals surface area contributed by atoms with Gasteiger partial charge in [0.15, 0.2) is 5.75 Å². The number of halogens is 1. The maximum Gasteiger partial charge on any atom is 0.346 e. The van der Waals surface area contributed by atoms with E-state index in [4.69, 9.17) is 4.74 Å². The third-order valence-corrected chi connectivity index (χ3v) is 3.50. The zero-order chi connectivity index (χ0) is 13.8. The topological polar surface area (TPSA) is 52.4 Å². The molecule has 0 radical (unpaired) electrons. The first-order valence-corrected chi connectivity index (χ1v) is 6.30. The second-order valence-corrected chi connectivity index (χ2v) is 4.83. The van der Waals surface area contributed by atoms with E-state index in [-0.39, 0.29) is 5.75 Å². The monoisotopic (exact) mass is 265 g/mol. The summed E-state index contributed by atoms with van der Waals surface area (Å²) in [5.74, 6) is -0.0728. The molecule has 19 heavy (non-hydrogen) atoms. The van der Waals surface area contributed by atoms with E-state index < -0.39 is 16.4 Å². The Morgan fingerprint density at radius 2 is 2.16 bits per heavy atom. The molecule has 0 heterocycles. The van der Waals surface area contributed by atoms with E-state index in [1.807, 2.05) is 0 Å². The van der Waals surface area contributed by atoms with Crippen molar-refractivity contribution in [2.45, 2.75) is 19.8 Å². The van der Waals surface area contributed by atoms with Crippen LogP contribution in [-0.2, 0) is 0 Å². The van der Waals surface area contributed by atoms with Crippen molar-refractivity contribution < 1.29 is 14.1 Å². The van der Waals surface area contributed by atoms with Crippen molar-refractivity contribution in [3.05, 3.63) is 46.3 Å². The van der Waals surface area contributed by atoms with Gasteiger partial charge in [-0.3, -0.25) is 10.1 Å². The molecule has 1 aliphatic rings. The Morgan fingerprint density at radius 1 is 1.42 bits per heavy atom. The van der Waals surface area contributed by atoms with Crippen molar-refractivity contribution in [2.75, 3.05) is 6.61 Å². The predicted molar refractivity (Wildman–Crippen MR) is 69.6 cm³/mol. The minimum atomic E-state index is -0.862. The Kier molecular flexibility index (Phi) is 4.14. The molecule has 102 valence electrons. The summed E-state index contributed by atoms with van der Waals surface area (Å²) in [7, 11) is 0. The molecule has 0 amide bonds. The zero-order valence-corrected chi connectivity index (χ0v) is 10.7. The summed E-state index contributed by atoms with van der Waals surface area (Å²) in [6, 6.07) is 3.92. The van der Waals surface area contributed by atoms with Crippen LogP contribution in [0.1, 0.15) is 19.8 Å². The number of para-hydroxylation sites is 1. The minimum absolute atomic E-state index is 0.00625. The second kappa shape index (κ2) is 5.82. The van der Waals surface area contributed by atoms with E-state index >= 15 is 0 Å². The van der Waals surface area contributed by atoms with Crippen molar-refractivity contribution in [1.82, 2.24) is 0 Å². The van der Waals surface area contributed by atoms with Crippen LogP contribution in [0, 0.1) is 27.8 Å². The Bertz CT molecular complexity index is 501. The van der Waals surface area contributed by atoms with E-state index in [0.717, 1.165) is 18.9 Å². The molecular formula is C14H16FNO3. The third-order valence-electron chi connectivity index (χ3n) is 3.50. The molecule has 1 aromatic carbocycles. The van der Waals surface area contributed by atoms with Gasteiger partial charge in [-0.05, 0) is 36.8 Å². The number of nitrogens with zero attached hydrogens (tertiary/aromatic N) is 1. The molecule has 1 aromatic rings. The van der Waals surface area contributed by atoms with Gasteiger partial charge in [-0.15, -0.1) is 0 Å². The predicted octanol–water partition coefficient (Wildman–Crippen LogP) is 3.72. The second-order valence-electron chi connectivity index (χ2n) is 4.83. The lowest BCUT2D eigenvalue weighted by Crippen LogP contribution is -2.21. The highest BCUT2D eigenvalue weighted by Gasteiger charge is 2.24. The lowest BCUT2D eigenvalue weighted by molar-refractivity contribution is -0.388. The van der Waals surface area contributed by atoms with E-state index in [0.29, 0.717) is 18.4 Å². The summed E-state index contributed by atoms with van der Waals surface area (Å²) in [6.07, 6.45) is 6.10. The minimum Gasteiger partial charge on any atom is -0.486 e. The number of nitro groups is 1. The van der Waals surface area contributed by atoms with Crippen LogP contribution in [-0.4, -0.2) is 11.5 Å². The van der Waals surface area contributed by atoms with Gasteiger partial charge in [-0.25, -0.2) is 0 Å². The standard InChI is InChI=1S/C14H16FNO3/c1-10-5-2-3-6-11(10)9-19-13-8-4-7-12(15)14(13)16(17)18/h2-4,7-8,10-11H,5-6,9H2,1H3. The number of allylic oxidation sites excluding steroid dienone is 2. The maximum absolute atomic E-state index is 13.4. The molecule has 2 rings (SSSR count). The fourth-order valence-electron chi connectivity index (χ4n) is 2.22. The van der Waals surface area contributed by atoms with Crippen LogP contribution in [0.25, 0.3) is 0 Å². The molecule has 5 heteroatoms. The van der Waals surface area contributed by atoms with Crippen molar-refractivity contribution in [3.8, 4) is 5.75 Å². The normalized spacial score (nSPS) is 22.2. The van der Waals surface area contributed by atoms with E-state index in [9.17, 15) is 14.5 Å². The summed E-state index contributed by atoms with van der Waals surface area (Å²) in [6.45, 7) is 2.49. The van der Waals surface area contributed by atoms with Gasteiger partial charge >= 0.3 is 5.69 Å². The molecule has 0 aromatic heterocycles. The summed E-state index contributed by atoms with van der Waals surface area (Å²) >= 11 is 0. The Balaban J connectivity index is 2.09. The summed E-state index contributed by atoms with van der Waals surface area (Å²) in [4.78, 5) is 10.1. The number of hydrogen-bond acceptors (Lipinski definition) is 3. The number of ether oxygens (including phenoxy) is 1. The molecule has 2 unspecified atom stereocenters. The highest BCUT2D eigenvalue weighted by molar-refractivity contribution is 5.47. The van der Waals surface area contributed by atoms with Gasteiger partial charge in [0.1, 0.15) is 0 Å². The van der Waals surface area contributed by atoms with Gasteiger partial charge in [-0.2, -0.15) is 4.39 Å². The molecule has 0 aliphatic heterocycles. The van der Waals surface area contributed by atoms with Gasteiger partial charge in [0.25, 0.3) is 0 Å². The molecular weight excluding hydrogens is 249 g/mol. The lowest BCUT2D eigenvalue weighted by atomic mass is 9.85. The molecule has 0 saturated carbocycles. The Morgan fingerprint density at radius 3 is 2.84 bits per heavy atom. The van der Waals surface area contributed by atoms with E-state index in [1.54, 1.807) is 0 Å². The zero-order valence-electron chi connectivity index (χ0n) is 10.7. The molecule has 1 aliphatic carbocycles. The van der Waals surface area contributed by atoms with Crippen LogP contribution < -0.4 is 4.74 Å². The first-order valence-electron chi connectivity index (χ1n) is 6.30. The van der Waals surface area contributed by atoms with Crippen LogP contribution in [0.4, 0.5) is 10.1 Å². The largest absolute Gasteiger partial charge is 0.486 e. The first kappa shape index (κ1) is 13.5. The van der Waals surface area contributed by atoms with Crippen molar-refractivity contribution in [1.29, 1.82) is 0 Å². The Labute approximate surface area is 111 Å². The highest BCUT2D eigenvalue weighted by Crippen LogP contribution is 2.31. The summed E-state index contributed by atoms with van der Waals surface area (Å²) in [5.41, 5.74) is -0.582.